The molecule has 1 spiro atoms. The molecule has 2 saturated heterocycles. The van der Waals surface area contributed by atoms with Gasteiger partial charge in [0.1, 0.15) is 5.60 Å². The van der Waals surface area contributed by atoms with Crippen LogP contribution in [0.4, 0.5) is 0 Å². The van der Waals surface area contributed by atoms with Crippen molar-refractivity contribution in [3.05, 3.63) is 11.8 Å². The normalized spacial score (nSPS) is 52.2. The van der Waals surface area contributed by atoms with Gasteiger partial charge in [0.15, 0.2) is 0 Å². The van der Waals surface area contributed by atoms with Crippen LogP contribution >= 0.6 is 0 Å². The third-order valence-electron chi connectivity index (χ3n) is 9.18. The smallest absolute Gasteiger partial charge is 0.226 e. The van der Waals surface area contributed by atoms with Crippen LogP contribution in [0, 0.1) is 35.0 Å². The van der Waals surface area contributed by atoms with Crippen LogP contribution in [0.25, 0.3) is 0 Å². The molecule has 7 atom stereocenters. The minimum Gasteiger partial charge on any atom is -0.362 e. The highest BCUT2D eigenvalue weighted by atomic mass is 16.6. The van der Waals surface area contributed by atoms with Gasteiger partial charge in [-0.1, -0.05) is 26.8 Å². The first kappa shape index (κ1) is 17.3. The zero-order chi connectivity index (χ0) is 18.5. The van der Waals surface area contributed by atoms with Crippen LogP contribution in [-0.4, -0.2) is 28.6 Å². The second-order valence-electron chi connectivity index (χ2n) is 10.6. The van der Waals surface area contributed by atoms with Crippen molar-refractivity contribution in [3.63, 3.8) is 0 Å². The van der Waals surface area contributed by atoms with Gasteiger partial charge in [-0.15, -0.1) is 0 Å². The Labute approximate surface area is 158 Å². The van der Waals surface area contributed by atoms with Gasteiger partial charge in [-0.25, -0.2) is 0 Å². The third kappa shape index (κ3) is 1.82. The van der Waals surface area contributed by atoms with E-state index in [0.717, 1.165) is 43.1 Å². The van der Waals surface area contributed by atoms with E-state index >= 15 is 0 Å². The van der Waals surface area contributed by atoms with E-state index in [-0.39, 0.29) is 11.2 Å². The molecule has 3 nitrogen and oxygen atoms in total. The van der Waals surface area contributed by atoms with Crippen molar-refractivity contribution in [1.29, 1.82) is 0 Å². The SMILES string of the molecule is CCN1C(=O)CC[C@@]23O[C@@]4(C)C[C@@]5(C)C(CC[C@@H]5C(C)C)C(CC=C12)C43. The fourth-order valence-electron chi connectivity index (χ4n) is 8.78. The van der Waals surface area contributed by atoms with Gasteiger partial charge in [0.25, 0.3) is 0 Å². The van der Waals surface area contributed by atoms with Crippen molar-refractivity contribution in [3.8, 4) is 0 Å². The Bertz CT molecular complexity index is 684. The largest absolute Gasteiger partial charge is 0.362 e. The lowest BCUT2D eigenvalue weighted by Crippen LogP contribution is -2.78. The number of ether oxygens (including phenoxy) is 1. The summed E-state index contributed by atoms with van der Waals surface area (Å²) in [5.41, 5.74) is 1.49. The first-order valence-corrected chi connectivity index (χ1v) is 11.0. The average Bonchev–Trinajstić information content (AvgIpc) is 2.90. The Morgan fingerprint density at radius 2 is 2.08 bits per heavy atom. The number of hydrogen-bond donors (Lipinski definition) is 0. The second kappa shape index (κ2) is 5.16. The van der Waals surface area contributed by atoms with E-state index in [1.54, 1.807) is 0 Å². The molecule has 2 heterocycles. The van der Waals surface area contributed by atoms with Crippen LogP contribution in [0.15, 0.2) is 11.8 Å². The number of allylic oxidation sites excluding steroid dienone is 1. The zero-order valence-corrected chi connectivity index (χ0v) is 17.2. The molecule has 3 heteroatoms. The van der Waals surface area contributed by atoms with Crippen molar-refractivity contribution in [2.24, 2.45) is 35.0 Å². The molecule has 0 radical (unpaired) electrons. The van der Waals surface area contributed by atoms with E-state index in [9.17, 15) is 4.79 Å². The predicted octanol–water partition coefficient (Wildman–Crippen LogP) is 4.77. The minimum atomic E-state index is -0.154. The molecule has 0 aromatic carbocycles. The van der Waals surface area contributed by atoms with Crippen LogP contribution in [0.5, 0.6) is 0 Å². The summed E-state index contributed by atoms with van der Waals surface area (Å²) in [7, 11) is 0. The van der Waals surface area contributed by atoms with E-state index < -0.39 is 0 Å². The van der Waals surface area contributed by atoms with Gasteiger partial charge < -0.3 is 9.64 Å². The average molecular weight is 358 g/mol. The maximum absolute atomic E-state index is 12.5. The predicted molar refractivity (Wildman–Crippen MR) is 102 cm³/mol. The van der Waals surface area contributed by atoms with Crippen molar-refractivity contribution >= 4 is 5.91 Å². The van der Waals surface area contributed by atoms with Gasteiger partial charge in [-0.2, -0.15) is 0 Å². The quantitative estimate of drug-likeness (QED) is 0.712. The number of amides is 1. The van der Waals surface area contributed by atoms with Crippen molar-refractivity contribution in [2.45, 2.75) is 84.3 Å². The lowest BCUT2D eigenvalue weighted by atomic mass is 9.43. The molecule has 5 rings (SSSR count). The standard InChI is InChI=1S/C23H35NO2/c1-6-24-18-10-7-15-17-9-8-16(14(2)3)21(17,4)13-22(5)20(15)23(18,26-22)12-11-19(24)25/h10,14-17,20H,6-9,11-13H2,1-5H3/t15?,16-,17?,20?,21-,22+,23-/m1/s1. The molecule has 4 fully saturated rings. The van der Waals surface area contributed by atoms with Gasteiger partial charge in [0, 0.05) is 24.6 Å². The lowest BCUT2D eigenvalue weighted by molar-refractivity contribution is -0.365. The molecule has 3 aliphatic carbocycles. The van der Waals surface area contributed by atoms with Crippen LogP contribution in [0.3, 0.4) is 0 Å². The molecule has 2 aliphatic heterocycles. The maximum atomic E-state index is 12.5. The molecule has 26 heavy (non-hydrogen) atoms. The van der Waals surface area contributed by atoms with Crippen molar-refractivity contribution in [1.82, 2.24) is 4.90 Å². The van der Waals surface area contributed by atoms with Gasteiger partial charge in [0.05, 0.1) is 5.60 Å². The number of carbonyl (C=O) groups is 1. The first-order chi connectivity index (χ1) is 12.3. The van der Waals surface area contributed by atoms with Gasteiger partial charge in [-0.3, -0.25) is 4.79 Å². The molecule has 2 saturated carbocycles. The fourth-order valence-corrected chi connectivity index (χ4v) is 8.78. The zero-order valence-electron chi connectivity index (χ0n) is 17.2. The summed E-state index contributed by atoms with van der Waals surface area (Å²) < 4.78 is 6.91. The van der Waals surface area contributed by atoms with Crippen molar-refractivity contribution in [2.75, 3.05) is 6.54 Å². The second-order valence-corrected chi connectivity index (χ2v) is 10.6. The molecule has 0 bridgehead atoms. The third-order valence-corrected chi connectivity index (χ3v) is 9.18. The number of fused-ring (bicyclic) bond motifs is 2. The van der Waals surface area contributed by atoms with Gasteiger partial charge in [-0.05, 0) is 75.0 Å². The topological polar surface area (TPSA) is 29.5 Å². The number of carbonyl (C=O) groups excluding carboxylic acids is 1. The first-order valence-electron chi connectivity index (χ1n) is 11.0. The van der Waals surface area contributed by atoms with Gasteiger partial charge >= 0.3 is 0 Å². The molecule has 0 N–H and O–H groups in total. The molecule has 5 aliphatic rings. The molecular formula is C23H35NO2. The summed E-state index contributed by atoms with van der Waals surface area (Å²) in [4.78, 5) is 14.5. The van der Waals surface area contributed by atoms with Crippen LogP contribution in [0.2, 0.25) is 0 Å². The highest BCUT2D eigenvalue weighted by Gasteiger charge is 2.75. The Kier molecular flexibility index (Phi) is 3.43. The molecule has 144 valence electrons. The summed E-state index contributed by atoms with van der Waals surface area (Å²) in [5, 5.41) is 0. The molecular weight excluding hydrogens is 322 g/mol. The Balaban J connectivity index is 1.57. The summed E-state index contributed by atoms with van der Waals surface area (Å²) in [6.07, 6.45) is 9.10. The summed E-state index contributed by atoms with van der Waals surface area (Å²) in [6.45, 7) is 12.7. The Hall–Kier alpha value is -0.830. The number of piperidine rings is 1. The molecule has 1 amide bonds. The summed E-state index contributed by atoms with van der Waals surface area (Å²) >= 11 is 0. The lowest BCUT2D eigenvalue weighted by Gasteiger charge is -2.73. The van der Waals surface area contributed by atoms with E-state index in [2.05, 4.69) is 40.7 Å². The van der Waals surface area contributed by atoms with Crippen LogP contribution in [0.1, 0.15) is 73.1 Å². The molecule has 0 aromatic rings. The van der Waals surface area contributed by atoms with E-state index in [1.807, 2.05) is 4.90 Å². The van der Waals surface area contributed by atoms with E-state index in [0.29, 0.717) is 23.7 Å². The highest BCUT2D eigenvalue weighted by molar-refractivity contribution is 5.80. The van der Waals surface area contributed by atoms with Crippen molar-refractivity contribution < 1.29 is 9.53 Å². The Morgan fingerprint density at radius 1 is 1.31 bits per heavy atom. The van der Waals surface area contributed by atoms with E-state index in [4.69, 9.17) is 4.74 Å². The van der Waals surface area contributed by atoms with E-state index in [1.165, 1.54) is 25.0 Å². The number of likely N-dealkylation sites (tertiary alicyclic amines) is 1. The highest BCUT2D eigenvalue weighted by Crippen LogP contribution is 2.73. The monoisotopic (exact) mass is 357 g/mol. The van der Waals surface area contributed by atoms with Gasteiger partial charge in [0.2, 0.25) is 5.91 Å². The summed E-state index contributed by atoms with van der Waals surface area (Å²) in [6, 6.07) is 0. The number of nitrogens with zero attached hydrogens (tertiary/aromatic N) is 1. The Morgan fingerprint density at radius 3 is 2.77 bits per heavy atom. The molecule has 3 unspecified atom stereocenters. The summed E-state index contributed by atoms with van der Waals surface area (Å²) in [5.74, 6) is 4.07. The molecule has 0 aromatic heterocycles. The van der Waals surface area contributed by atoms with Crippen LogP contribution < -0.4 is 0 Å². The number of rotatable bonds is 2. The number of likely N-dealkylation sites (N-methyl/N-ethyl adjacent to an activating group) is 1. The fraction of sp³-hybridized carbons (Fsp3) is 0.870. The van der Waals surface area contributed by atoms with Crippen LogP contribution in [-0.2, 0) is 9.53 Å². The maximum Gasteiger partial charge on any atom is 0.226 e. The number of hydrogen-bond acceptors (Lipinski definition) is 2. The minimum absolute atomic E-state index is 0.00665.